The summed E-state index contributed by atoms with van der Waals surface area (Å²) in [6.07, 6.45) is 1.74. The van der Waals surface area contributed by atoms with Gasteiger partial charge < -0.3 is 20.3 Å². The highest BCUT2D eigenvalue weighted by Crippen LogP contribution is 2.23. The van der Waals surface area contributed by atoms with Gasteiger partial charge in [-0.2, -0.15) is 0 Å². The van der Waals surface area contributed by atoms with Crippen molar-refractivity contribution in [3.8, 4) is 0 Å². The van der Waals surface area contributed by atoms with E-state index in [4.69, 9.17) is 4.74 Å². The molecule has 0 spiro atoms. The van der Waals surface area contributed by atoms with E-state index >= 15 is 0 Å². The van der Waals surface area contributed by atoms with Gasteiger partial charge in [-0.05, 0) is 24.6 Å². The molecule has 2 amide bonds. The monoisotopic (exact) mass is 326 g/mol. The molecule has 1 aliphatic rings. The Morgan fingerprint density at radius 3 is 2.67 bits per heavy atom. The maximum Gasteiger partial charge on any atom is 0.319 e. The molecule has 1 aromatic heterocycles. The van der Waals surface area contributed by atoms with Crippen LogP contribution in [-0.2, 0) is 4.74 Å². The van der Waals surface area contributed by atoms with E-state index < -0.39 is 0 Å². The molecule has 1 fully saturated rings. The molecule has 1 atom stereocenters. The Labute approximate surface area is 141 Å². The van der Waals surface area contributed by atoms with Crippen molar-refractivity contribution in [2.75, 3.05) is 36.5 Å². The van der Waals surface area contributed by atoms with Crippen molar-refractivity contribution in [3.63, 3.8) is 0 Å². The minimum atomic E-state index is -0.242. The lowest BCUT2D eigenvalue weighted by Crippen LogP contribution is -2.38. The van der Waals surface area contributed by atoms with Crippen LogP contribution in [0.1, 0.15) is 18.5 Å². The molecular formula is C18H22N4O2. The molecule has 24 heavy (non-hydrogen) atoms. The molecular weight excluding hydrogens is 304 g/mol. The lowest BCUT2D eigenvalue weighted by Gasteiger charge is -2.29. The number of ether oxygens (including phenoxy) is 1. The molecule has 1 aliphatic heterocycles. The number of carbonyl (C=O) groups excluding carboxylic acids is 1. The maximum absolute atomic E-state index is 12.3. The number of pyridine rings is 1. The molecule has 2 N–H and O–H groups in total. The fourth-order valence-electron chi connectivity index (χ4n) is 2.70. The second-order valence-corrected chi connectivity index (χ2v) is 5.70. The van der Waals surface area contributed by atoms with Crippen molar-refractivity contribution in [2.24, 2.45) is 0 Å². The van der Waals surface area contributed by atoms with Crippen molar-refractivity contribution in [1.82, 2.24) is 10.3 Å². The predicted octanol–water partition coefficient (Wildman–Crippen LogP) is 2.80. The van der Waals surface area contributed by atoms with E-state index in [0.717, 1.165) is 24.5 Å². The highest BCUT2D eigenvalue weighted by atomic mass is 16.5. The molecule has 6 nitrogen and oxygen atoms in total. The molecule has 2 heterocycles. The number of urea groups is 1. The van der Waals surface area contributed by atoms with Gasteiger partial charge in [0.2, 0.25) is 0 Å². The molecule has 0 saturated carbocycles. The molecule has 1 saturated heterocycles. The number of morpholine rings is 1. The second kappa shape index (κ2) is 7.79. The zero-order chi connectivity index (χ0) is 16.8. The zero-order valence-electron chi connectivity index (χ0n) is 13.7. The SMILES string of the molecule is C[C@H](NC(=O)Nc1cccnc1N1CCOCC1)c1ccccc1. The molecule has 0 unspecified atom stereocenters. The molecule has 0 bridgehead atoms. The summed E-state index contributed by atoms with van der Waals surface area (Å²) in [5.74, 6) is 0.781. The Bertz CT molecular complexity index is 672. The molecule has 0 aliphatic carbocycles. The summed E-state index contributed by atoms with van der Waals surface area (Å²) in [7, 11) is 0. The van der Waals surface area contributed by atoms with E-state index in [2.05, 4.69) is 20.5 Å². The second-order valence-electron chi connectivity index (χ2n) is 5.70. The normalized spacial score (nSPS) is 15.6. The number of benzene rings is 1. The third kappa shape index (κ3) is 4.02. The van der Waals surface area contributed by atoms with Crippen LogP contribution >= 0.6 is 0 Å². The smallest absolute Gasteiger partial charge is 0.319 e. The van der Waals surface area contributed by atoms with E-state index in [-0.39, 0.29) is 12.1 Å². The molecule has 1 aromatic carbocycles. The Morgan fingerprint density at radius 1 is 1.17 bits per heavy atom. The van der Waals surface area contributed by atoms with E-state index in [9.17, 15) is 4.79 Å². The first kappa shape index (κ1) is 16.3. The van der Waals surface area contributed by atoms with Crippen LogP contribution in [0, 0.1) is 0 Å². The van der Waals surface area contributed by atoms with Crippen molar-refractivity contribution in [3.05, 3.63) is 54.2 Å². The van der Waals surface area contributed by atoms with Crippen LogP contribution in [-0.4, -0.2) is 37.3 Å². The van der Waals surface area contributed by atoms with E-state index in [0.29, 0.717) is 18.9 Å². The Kier molecular flexibility index (Phi) is 5.28. The van der Waals surface area contributed by atoms with Gasteiger partial charge in [0.05, 0.1) is 24.9 Å². The molecule has 2 aromatic rings. The Balaban J connectivity index is 1.66. The minimum Gasteiger partial charge on any atom is -0.378 e. The van der Waals surface area contributed by atoms with Crippen LogP contribution < -0.4 is 15.5 Å². The number of hydrogen-bond donors (Lipinski definition) is 2. The lowest BCUT2D eigenvalue weighted by atomic mass is 10.1. The summed E-state index contributed by atoms with van der Waals surface area (Å²) in [5, 5.41) is 5.87. The van der Waals surface area contributed by atoms with Crippen molar-refractivity contribution < 1.29 is 9.53 Å². The summed E-state index contributed by atoms with van der Waals surface area (Å²) >= 11 is 0. The minimum absolute atomic E-state index is 0.0743. The molecule has 3 rings (SSSR count). The van der Waals surface area contributed by atoms with Crippen molar-refractivity contribution >= 4 is 17.5 Å². The van der Waals surface area contributed by atoms with E-state index in [1.54, 1.807) is 6.20 Å². The quantitative estimate of drug-likeness (QED) is 0.907. The predicted molar refractivity (Wildman–Crippen MR) is 94.3 cm³/mol. The van der Waals surface area contributed by atoms with E-state index in [1.165, 1.54) is 0 Å². The number of hydrogen-bond acceptors (Lipinski definition) is 4. The number of nitrogens with one attached hydrogen (secondary N) is 2. The highest BCUT2D eigenvalue weighted by Gasteiger charge is 2.17. The van der Waals surface area contributed by atoms with Crippen molar-refractivity contribution in [2.45, 2.75) is 13.0 Å². The molecule has 0 radical (unpaired) electrons. The van der Waals surface area contributed by atoms with Gasteiger partial charge in [0.1, 0.15) is 0 Å². The molecule has 126 valence electrons. The summed E-state index contributed by atoms with van der Waals surface area (Å²) < 4.78 is 5.37. The topological polar surface area (TPSA) is 66.5 Å². The van der Waals surface area contributed by atoms with Gasteiger partial charge >= 0.3 is 6.03 Å². The van der Waals surface area contributed by atoms with Crippen LogP contribution in [0.2, 0.25) is 0 Å². The van der Waals surface area contributed by atoms with Crippen LogP contribution in [0.5, 0.6) is 0 Å². The third-order valence-corrected chi connectivity index (χ3v) is 3.99. The fraction of sp³-hybridized carbons (Fsp3) is 0.333. The van der Waals surface area contributed by atoms with Gasteiger partial charge in [-0.1, -0.05) is 30.3 Å². The number of amides is 2. The first-order chi connectivity index (χ1) is 11.7. The first-order valence-corrected chi connectivity index (χ1v) is 8.14. The average Bonchev–Trinajstić information content (AvgIpc) is 2.63. The average molecular weight is 326 g/mol. The van der Waals surface area contributed by atoms with Crippen molar-refractivity contribution in [1.29, 1.82) is 0 Å². The summed E-state index contributed by atoms with van der Waals surface area (Å²) in [5.41, 5.74) is 1.77. The number of nitrogens with zero attached hydrogens (tertiary/aromatic N) is 2. The number of anilines is 2. The van der Waals surface area contributed by atoms with Crippen LogP contribution in [0.25, 0.3) is 0 Å². The lowest BCUT2D eigenvalue weighted by molar-refractivity contribution is 0.122. The number of rotatable bonds is 4. The highest BCUT2D eigenvalue weighted by molar-refractivity contribution is 5.92. The Hall–Kier alpha value is -2.60. The van der Waals surface area contributed by atoms with Gasteiger partial charge in [0, 0.05) is 19.3 Å². The third-order valence-electron chi connectivity index (χ3n) is 3.99. The number of aromatic nitrogens is 1. The summed E-state index contributed by atoms with van der Waals surface area (Å²) in [4.78, 5) is 18.9. The van der Waals surface area contributed by atoms with Crippen LogP contribution in [0.3, 0.4) is 0 Å². The van der Waals surface area contributed by atoms with Gasteiger partial charge in [0.25, 0.3) is 0 Å². The zero-order valence-corrected chi connectivity index (χ0v) is 13.7. The van der Waals surface area contributed by atoms with Gasteiger partial charge in [-0.15, -0.1) is 0 Å². The standard InChI is InChI=1S/C18H22N4O2/c1-14(15-6-3-2-4-7-15)20-18(23)21-16-8-5-9-19-17(16)22-10-12-24-13-11-22/h2-9,14H,10-13H2,1H3,(H2,20,21,23)/t14-/m0/s1. The Morgan fingerprint density at radius 2 is 1.92 bits per heavy atom. The summed E-state index contributed by atoms with van der Waals surface area (Å²) in [6.45, 7) is 4.85. The molecule has 6 heteroatoms. The van der Waals surface area contributed by atoms with Gasteiger partial charge in [0.15, 0.2) is 5.82 Å². The maximum atomic E-state index is 12.3. The fourth-order valence-corrected chi connectivity index (χ4v) is 2.70. The van der Waals surface area contributed by atoms with Crippen LogP contribution in [0.15, 0.2) is 48.7 Å². The van der Waals surface area contributed by atoms with E-state index in [1.807, 2.05) is 49.4 Å². The van der Waals surface area contributed by atoms with Gasteiger partial charge in [-0.3, -0.25) is 0 Å². The van der Waals surface area contributed by atoms with Gasteiger partial charge in [-0.25, -0.2) is 9.78 Å². The summed E-state index contributed by atoms with van der Waals surface area (Å²) in [6, 6.07) is 13.2. The number of carbonyl (C=O) groups is 1. The first-order valence-electron chi connectivity index (χ1n) is 8.14. The largest absolute Gasteiger partial charge is 0.378 e. The van der Waals surface area contributed by atoms with Crippen LogP contribution in [0.4, 0.5) is 16.3 Å².